The molecule has 0 aliphatic heterocycles. The van der Waals surface area contributed by atoms with Crippen molar-refractivity contribution in [3.63, 3.8) is 0 Å². The van der Waals surface area contributed by atoms with Crippen molar-refractivity contribution in [1.82, 2.24) is 14.9 Å². The van der Waals surface area contributed by atoms with E-state index in [1.807, 2.05) is 32.9 Å². The van der Waals surface area contributed by atoms with Crippen molar-refractivity contribution >= 4 is 28.6 Å². The molecule has 3 rings (SSSR count). The number of rotatable bonds is 6. The van der Waals surface area contributed by atoms with E-state index < -0.39 is 5.25 Å². The number of nitrogens with one attached hydrogen (secondary N) is 1. The van der Waals surface area contributed by atoms with Crippen LogP contribution in [0.2, 0.25) is 0 Å². The second kappa shape index (κ2) is 8.78. The van der Waals surface area contributed by atoms with Crippen molar-refractivity contribution in [3.8, 4) is 0 Å². The summed E-state index contributed by atoms with van der Waals surface area (Å²) in [6.07, 6.45) is 0. The largest absolute Gasteiger partial charge is 0.349 e. The number of thioether (sulfide) groups is 1. The number of carbonyl (C=O) groups is 1. The fraction of sp³-hybridized carbons (Fsp3) is 0.318. The second-order valence-electron chi connectivity index (χ2n) is 7.22. The predicted octanol–water partition coefficient (Wildman–Crippen LogP) is 4.47. The smallest absolute Gasteiger partial charge is 0.262 e. The number of hydrogen-bond donors (Lipinski definition) is 1. The van der Waals surface area contributed by atoms with Gasteiger partial charge in [0.15, 0.2) is 5.16 Å². The third-order valence-corrected chi connectivity index (χ3v) is 5.74. The number of hydrogen-bond acceptors (Lipinski definition) is 4. The van der Waals surface area contributed by atoms with Crippen molar-refractivity contribution in [1.29, 1.82) is 0 Å². The lowest BCUT2D eigenvalue weighted by molar-refractivity contribution is -0.120. The molecule has 0 aliphatic carbocycles. The Labute approximate surface area is 173 Å². The fourth-order valence-electron chi connectivity index (χ4n) is 3.04. The van der Waals surface area contributed by atoms with E-state index in [-0.39, 0.29) is 29.4 Å². The van der Waals surface area contributed by atoms with Crippen LogP contribution in [0.25, 0.3) is 10.9 Å². The third kappa shape index (κ3) is 4.67. The quantitative estimate of drug-likeness (QED) is 0.478. The first-order valence-corrected chi connectivity index (χ1v) is 10.4. The average molecular weight is 414 g/mol. The summed E-state index contributed by atoms with van der Waals surface area (Å²) in [6, 6.07) is 12.9. The topological polar surface area (TPSA) is 64.0 Å². The molecule has 0 radical (unpaired) electrons. The number of benzene rings is 2. The first-order chi connectivity index (χ1) is 13.8. The first-order valence-electron chi connectivity index (χ1n) is 9.51. The summed E-state index contributed by atoms with van der Waals surface area (Å²) in [5, 5.41) is 3.55. The van der Waals surface area contributed by atoms with Crippen LogP contribution in [0.4, 0.5) is 4.39 Å². The maximum atomic E-state index is 13.1. The number of carbonyl (C=O) groups excluding carboxylic acids is 1. The van der Waals surface area contributed by atoms with Gasteiger partial charge in [-0.15, -0.1) is 0 Å². The Morgan fingerprint density at radius 1 is 1.07 bits per heavy atom. The molecule has 3 aromatic rings. The zero-order valence-electron chi connectivity index (χ0n) is 16.8. The van der Waals surface area contributed by atoms with Crippen LogP contribution in [0, 0.1) is 5.82 Å². The van der Waals surface area contributed by atoms with Gasteiger partial charge in [0.05, 0.1) is 22.2 Å². The van der Waals surface area contributed by atoms with E-state index >= 15 is 0 Å². The minimum absolute atomic E-state index is 0.0875. The molecule has 0 aliphatic rings. The lowest BCUT2D eigenvalue weighted by Gasteiger charge is -2.20. The van der Waals surface area contributed by atoms with E-state index in [0.29, 0.717) is 16.1 Å². The molecule has 0 saturated carbocycles. The zero-order valence-corrected chi connectivity index (χ0v) is 17.7. The zero-order chi connectivity index (χ0) is 21.1. The third-order valence-electron chi connectivity index (χ3n) is 4.67. The molecule has 1 aromatic heterocycles. The van der Waals surface area contributed by atoms with Gasteiger partial charge in [-0.3, -0.25) is 14.2 Å². The molecule has 0 saturated heterocycles. The summed E-state index contributed by atoms with van der Waals surface area (Å²) in [6.45, 7) is 7.47. The number of nitrogens with zero attached hydrogens (tertiary/aromatic N) is 2. The monoisotopic (exact) mass is 413 g/mol. The Kier molecular flexibility index (Phi) is 6.37. The molecule has 0 bridgehead atoms. The van der Waals surface area contributed by atoms with Crippen LogP contribution in [0.5, 0.6) is 0 Å². The summed E-state index contributed by atoms with van der Waals surface area (Å²) < 4.78 is 14.7. The molecule has 1 amide bonds. The van der Waals surface area contributed by atoms with Crippen molar-refractivity contribution < 1.29 is 9.18 Å². The van der Waals surface area contributed by atoms with Crippen molar-refractivity contribution in [2.24, 2.45) is 0 Å². The van der Waals surface area contributed by atoms with Crippen molar-refractivity contribution in [2.45, 2.75) is 50.2 Å². The highest BCUT2D eigenvalue weighted by molar-refractivity contribution is 8.00. The Bertz CT molecular complexity index is 1080. The summed E-state index contributed by atoms with van der Waals surface area (Å²) >= 11 is 1.26. The van der Waals surface area contributed by atoms with E-state index in [0.717, 1.165) is 5.56 Å². The van der Waals surface area contributed by atoms with Gasteiger partial charge in [0.1, 0.15) is 5.82 Å². The number of amides is 1. The maximum absolute atomic E-state index is 13.1. The van der Waals surface area contributed by atoms with Gasteiger partial charge in [-0.05, 0) is 57.5 Å². The first kappa shape index (κ1) is 21.0. The van der Waals surface area contributed by atoms with E-state index in [1.165, 1.54) is 23.9 Å². The highest BCUT2D eigenvalue weighted by Crippen LogP contribution is 2.25. The molecule has 7 heteroatoms. The molecule has 152 valence electrons. The van der Waals surface area contributed by atoms with Crippen LogP contribution >= 0.6 is 11.8 Å². The molecular formula is C22H24FN3O2S. The minimum Gasteiger partial charge on any atom is -0.349 e. The van der Waals surface area contributed by atoms with Gasteiger partial charge in [-0.25, -0.2) is 9.37 Å². The molecular weight excluding hydrogens is 389 g/mol. The van der Waals surface area contributed by atoms with E-state index in [2.05, 4.69) is 10.3 Å². The maximum Gasteiger partial charge on any atom is 0.262 e. The van der Waals surface area contributed by atoms with Gasteiger partial charge in [0, 0.05) is 6.04 Å². The van der Waals surface area contributed by atoms with Crippen LogP contribution in [-0.4, -0.2) is 20.7 Å². The summed E-state index contributed by atoms with van der Waals surface area (Å²) in [5.41, 5.74) is 1.32. The molecule has 5 nitrogen and oxygen atoms in total. The van der Waals surface area contributed by atoms with Crippen LogP contribution in [0.3, 0.4) is 0 Å². The van der Waals surface area contributed by atoms with E-state index in [9.17, 15) is 14.0 Å². The Morgan fingerprint density at radius 2 is 1.72 bits per heavy atom. The van der Waals surface area contributed by atoms with Gasteiger partial charge < -0.3 is 5.32 Å². The number of fused-ring (bicyclic) bond motifs is 1. The number of halogens is 1. The van der Waals surface area contributed by atoms with Gasteiger partial charge in [-0.2, -0.15) is 0 Å². The number of para-hydroxylation sites is 1. The fourth-order valence-corrected chi connectivity index (χ4v) is 4.09. The highest BCUT2D eigenvalue weighted by Gasteiger charge is 2.22. The normalized spacial score (nSPS) is 13.4. The molecule has 0 fully saturated rings. The van der Waals surface area contributed by atoms with Gasteiger partial charge in [-0.1, -0.05) is 36.0 Å². The SMILES string of the molecule is CC(C)n1c(S[C@H](C)C(=O)N[C@H](C)c2ccc(F)cc2)nc2ccccc2c1=O. The summed E-state index contributed by atoms with van der Waals surface area (Å²) in [7, 11) is 0. The van der Waals surface area contributed by atoms with Gasteiger partial charge >= 0.3 is 0 Å². The van der Waals surface area contributed by atoms with Crippen molar-refractivity contribution in [2.75, 3.05) is 0 Å². The van der Waals surface area contributed by atoms with Crippen LogP contribution in [0.15, 0.2) is 58.5 Å². The predicted molar refractivity (Wildman–Crippen MR) is 115 cm³/mol. The molecule has 0 spiro atoms. The Morgan fingerprint density at radius 3 is 2.38 bits per heavy atom. The lowest BCUT2D eigenvalue weighted by Crippen LogP contribution is -2.34. The molecule has 29 heavy (non-hydrogen) atoms. The second-order valence-corrected chi connectivity index (χ2v) is 8.53. The standard InChI is InChI=1S/C22H24FN3O2S/c1-13(2)26-21(28)18-7-5-6-8-19(18)25-22(26)29-15(4)20(27)24-14(3)16-9-11-17(23)12-10-16/h5-15H,1-4H3,(H,24,27)/t14-,15-/m1/s1. The Balaban J connectivity index is 1.82. The van der Waals surface area contributed by atoms with E-state index in [1.54, 1.807) is 35.8 Å². The van der Waals surface area contributed by atoms with Crippen LogP contribution in [-0.2, 0) is 4.79 Å². The molecule has 2 aromatic carbocycles. The molecule has 2 atom stereocenters. The minimum atomic E-state index is -0.462. The number of aromatic nitrogens is 2. The van der Waals surface area contributed by atoms with Crippen LogP contribution in [0.1, 0.15) is 45.3 Å². The summed E-state index contributed by atoms with van der Waals surface area (Å²) in [5.74, 6) is -0.491. The summed E-state index contributed by atoms with van der Waals surface area (Å²) in [4.78, 5) is 30.2. The van der Waals surface area contributed by atoms with Crippen LogP contribution < -0.4 is 10.9 Å². The van der Waals surface area contributed by atoms with Gasteiger partial charge in [0.2, 0.25) is 5.91 Å². The van der Waals surface area contributed by atoms with E-state index in [4.69, 9.17) is 0 Å². The molecule has 0 unspecified atom stereocenters. The lowest BCUT2D eigenvalue weighted by atomic mass is 10.1. The average Bonchev–Trinajstić information content (AvgIpc) is 2.68. The molecule has 1 heterocycles. The highest BCUT2D eigenvalue weighted by atomic mass is 32.2. The van der Waals surface area contributed by atoms with Gasteiger partial charge in [0.25, 0.3) is 5.56 Å². The molecule has 1 N–H and O–H groups in total. The van der Waals surface area contributed by atoms with Crippen molar-refractivity contribution in [3.05, 3.63) is 70.3 Å². The Hall–Kier alpha value is -2.67.